The molecule has 0 aromatic rings. The highest BCUT2D eigenvalue weighted by molar-refractivity contribution is 7.80. The molecule has 4 heteroatoms. The van der Waals surface area contributed by atoms with E-state index in [4.69, 9.17) is 22.7 Å². The monoisotopic (exact) mass is 230 g/mol. The van der Waals surface area contributed by atoms with Crippen LogP contribution in [0.2, 0.25) is 0 Å². The predicted molar refractivity (Wildman–Crippen MR) is 67.1 cm³/mol. The lowest BCUT2D eigenvalue weighted by Gasteiger charge is -2.15. The van der Waals surface area contributed by atoms with E-state index in [9.17, 15) is 0 Å². The average Bonchev–Trinajstić information content (AvgIpc) is 2.61. The molecule has 0 radical (unpaired) electrons. The number of thiocarbonyl (C=S) groups is 1. The molecule has 1 aliphatic heterocycles. The number of nitrogens with zero attached hydrogens (tertiary/aromatic N) is 1. The number of rotatable bonds is 7. The van der Waals surface area contributed by atoms with Crippen LogP contribution in [0.1, 0.15) is 25.7 Å². The lowest BCUT2D eigenvalue weighted by atomic mass is 10.1. The van der Waals surface area contributed by atoms with Crippen LogP contribution < -0.4 is 5.73 Å². The van der Waals surface area contributed by atoms with E-state index in [0.717, 1.165) is 25.4 Å². The molecule has 0 aliphatic carbocycles. The first kappa shape index (κ1) is 12.9. The number of ether oxygens (including phenoxy) is 1. The Hall–Kier alpha value is -0.190. The van der Waals surface area contributed by atoms with Crippen molar-refractivity contribution in [2.75, 3.05) is 33.4 Å². The molecule has 0 aromatic carbocycles. The number of hydrogen-bond donors (Lipinski definition) is 1. The molecule has 0 aromatic heterocycles. The highest BCUT2D eigenvalue weighted by Crippen LogP contribution is 2.16. The van der Waals surface area contributed by atoms with Crippen LogP contribution in [0.15, 0.2) is 0 Å². The van der Waals surface area contributed by atoms with E-state index in [2.05, 4.69) is 4.90 Å². The van der Waals surface area contributed by atoms with Gasteiger partial charge >= 0.3 is 0 Å². The van der Waals surface area contributed by atoms with Gasteiger partial charge in [-0.3, -0.25) is 0 Å². The van der Waals surface area contributed by atoms with Crippen LogP contribution in [-0.2, 0) is 4.74 Å². The SMILES string of the molecule is COCC1CCN(CCCCC(N)=S)C1. The molecule has 1 unspecified atom stereocenters. The minimum Gasteiger partial charge on any atom is -0.393 e. The molecule has 0 bridgehead atoms. The molecule has 1 fully saturated rings. The first-order valence-electron chi connectivity index (χ1n) is 5.72. The standard InChI is InChI=1S/C11H22N2OS/c1-14-9-10-5-7-13(8-10)6-3-2-4-11(12)15/h10H,2-9H2,1H3,(H2,12,15). The zero-order valence-electron chi connectivity index (χ0n) is 9.58. The topological polar surface area (TPSA) is 38.5 Å². The smallest absolute Gasteiger partial charge is 0.0727 e. The van der Waals surface area contributed by atoms with Crippen molar-refractivity contribution in [3.63, 3.8) is 0 Å². The number of unbranched alkanes of at least 4 members (excludes halogenated alkanes) is 1. The van der Waals surface area contributed by atoms with Gasteiger partial charge in [-0.05, 0) is 44.7 Å². The highest BCUT2D eigenvalue weighted by atomic mass is 32.1. The summed E-state index contributed by atoms with van der Waals surface area (Å²) in [6.45, 7) is 4.51. The van der Waals surface area contributed by atoms with E-state index in [-0.39, 0.29) is 0 Å². The third-order valence-electron chi connectivity index (χ3n) is 2.92. The van der Waals surface area contributed by atoms with E-state index >= 15 is 0 Å². The van der Waals surface area contributed by atoms with Crippen molar-refractivity contribution in [3.05, 3.63) is 0 Å². The Morgan fingerprint density at radius 3 is 3.00 bits per heavy atom. The summed E-state index contributed by atoms with van der Waals surface area (Å²) in [6, 6.07) is 0. The zero-order valence-corrected chi connectivity index (χ0v) is 10.4. The summed E-state index contributed by atoms with van der Waals surface area (Å²) in [4.78, 5) is 3.16. The van der Waals surface area contributed by atoms with Crippen molar-refractivity contribution < 1.29 is 4.74 Å². The number of hydrogen-bond acceptors (Lipinski definition) is 3. The van der Waals surface area contributed by atoms with E-state index in [1.165, 1.54) is 32.5 Å². The van der Waals surface area contributed by atoms with E-state index in [1.54, 1.807) is 7.11 Å². The minimum atomic E-state index is 0.647. The molecule has 0 spiro atoms. The second-order valence-corrected chi connectivity index (χ2v) is 4.86. The molecule has 88 valence electrons. The molecule has 1 saturated heterocycles. The molecular weight excluding hydrogens is 208 g/mol. The van der Waals surface area contributed by atoms with E-state index < -0.39 is 0 Å². The van der Waals surface area contributed by atoms with Crippen molar-refractivity contribution in [3.8, 4) is 0 Å². The van der Waals surface area contributed by atoms with Crippen LogP contribution in [0.5, 0.6) is 0 Å². The van der Waals surface area contributed by atoms with Gasteiger partial charge in [-0.1, -0.05) is 12.2 Å². The van der Waals surface area contributed by atoms with Crippen LogP contribution in [0.3, 0.4) is 0 Å². The van der Waals surface area contributed by atoms with Crippen LogP contribution in [-0.4, -0.2) is 43.2 Å². The minimum absolute atomic E-state index is 0.647. The highest BCUT2D eigenvalue weighted by Gasteiger charge is 2.21. The van der Waals surface area contributed by atoms with Crippen LogP contribution >= 0.6 is 12.2 Å². The fourth-order valence-electron chi connectivity index (χ4n) is 2.12. The number of likely N-dealkylation sites (tertiary alicyclic amines) is 1. The van der Waals surface area contributed by atoms with Crippen molar-refractivity contribution in [1.29, 1.82) is 0 Å². The summed E-state index contributed by atoms with van der Waals surface area (Å²) in [7, 11) is 1.78. The van der Waals surface area contributed by atoms with Crippen molar-refractivity contribution >= 4 is 17.2 Å². The van der Waals surface area contributed by atoms with Crippen LogP contribution in [0.25, 0.3) is 0 Å². The Kier molecular flexibility index (Phi) is 6.13. The van der Waals surface area contributed by atoms with Gasteiger partial charge in [0.05, 0.1) is 11.6 Å². The Balaban J connectivity index is 2.01. The predicted octanol–water partition coefficient (Wildman–Crippen LogP) is 1.41. The molecule has 1 rings (SSSR count). The van der Waals surface area contributed by atoms with Crippen molar-refractivity contribution in [2.45, 2.75) is 25.7 Å². The Labute approximate surface area is 98.0 Å². The first-order valence-corrected chi connectivity index (χ1v) is 6.12. The second kappa shape index (κ2) is 7.14. The Bertz CT molecular complexity index is 199. The van der Waals surface area contributed by atoms with E-state index in [1.807, 2.05) is 0 Å². The van der Waals surface area contributed by atoms with Crippen LogP contribution in [0, 0.1) is 5.92 Å². The third-order valence-corrected chi connectivity index (χ3v) is 3.12. The molecule has 15 heavy (non-hydrogen) atoms. The maximum atomic E-state index is 5.45. The van der Waals surface area contributed by atoms with E-state index in [0.29, 0.717) is 4.99 Å². The summed E-state index contributed by atoms with van der Waals surface area (Å²) < 4.78 is 5.17. The van der Waals surface area contributed by atoms with Crippen molar-refractivity contribution in [2.24, 2.45) is 11.7 Å². The largest absolute Gasteiger partial charge is 0.393 e. The molecule has 3 nitrogen and oxygen atoms in total. The van der Waals surface area contributed by atoms with Gasteiger partial charge in [0.25, 0.3) is 0 Å². The summed E-state index contributed by atoms with van der Waals surface area (Å²) in [6.07, 6.45) is 4.51. The van der Waals surface area contributed by atoms with Gasteiger partial charge in [0.1, 0.15) is 0 Å². The quantitative estimate of drug-likeness (QED) is 0.530. The molecule has 0 amide bonds. The fraction of sp³-hybridized carbons (Fsp3) is 0.909. The maximum Gasteiger partial charge on any atom is 0.0727 e. The molecule has 2 N–H and O–H groups in total. The van der Waals surface area contributed by atoms with Gasteiger partial charge in [-0.2, -0.15) is 0 Å². The Morgan fingerprint density at radius 2 is 2.33 bits per heavy atom. The van der Waals surface area contributed by atoms with Gasteiger partial charge in [-0.15, -0.1) is 0 Å². The Morgan fingerprint density at radius 1 is 1.53 bits per heavy atom. The van der Waals surface area contributed by atoms with Gasteiger partial charge in [-0.25, -0.2) is 0 Å². The summed E-state index contributed by atoms with van der Waals surface area (Å²) in [5, 5.41) is 0. The first-order chi connectivity index (χ1) is 7.22. The lowest BCUT2D eigenvalue weighted by Crippen LogP contribution is -2.23. The lowest BCUT2D eigenvalue weighted by molar-refractivity contribution is 0.153. The molecule has 1 atom stereocenters. The summed E-state index contributed by atoms with van der Waals surface area (Å²) in [5.41, 5.74) is 5.45. The third kappa shape index (κ3) is 5.44. The van der Waals surface area contributed by atoms with Gasteiger partial charge < -0.3 is 15.4 Å². The van der Waals surface area contributed by atoms with Gasteiger partial charge in [0.15, 0.2) is 0 Å². The molecule has 1 aliphatic rings. The molecule has 1 heterocycles. The second-order valence-electron chi connectivity index (χ2n) is 4.33. The fourth-order valence-corrected chi connectivity index (χ4v) is 2.27. The zero-order chi connectivity index (χ0) is 11.1. The molecule has 0 saturated carbocycles. The summed E-state index contributed by atoms with van der Waals surface area (Å²) in [5.74, 6) is 0.741. The average molecular weight is 230 g/mol. The van der Waals surface area contributed by atoms with Crippen molar-refractivity contribution in [1.82, 2.24) is 4.90 Å². The van der Waals surface area contributed by atoms with Gasteiger partial charge in [0, 0.05) is 13.7 Å². The normalized spacial score (nSPS) is 22.1. The summed E-state index contributed by atoms with van der Waals surface area (Å²) >= 11 is 4.84. The number of methoxy groups -OCH3 is 1. The molecular formula is C11H22N2OS. The van der Waals surface area contributed by atoms with Crippen LogP contribution in [0.4, 0.5) is 0 Å². The number of nitrogens with two attached hydrogens (primary N) is 1. The van der Waals surface area contributed by atoms with Gasteiger partial charge in [0.2, 0.25) is 0 Å². The maximum absolute atomic E-state index is 5.45.